The summed E-state index contributed by atoms with van der Waals surface area (Å²) >= 11 is 0. The molecule has 5 atom stereocenters. The van der Waals surface area contributed by atoms with Gasteiger partial charge in [0.2, 0.25) is 5.91 Å². The summed E-state index contributed by atoms with van der Waals surface area (Å²) < 4.78 is 0. The normalized spacial score (nSPS) is 29.7. The van der Waals surface area contributed by atoms with Gasteiger partial charge in [0.1, 0.15) is 5.75 Å². The van der Waals surface area contributed by atoms with Gasteiger partial charge < -0.3 is 20.8 Å². The third kappa shape index (κ3) is 3.35. The Morgan fingerprint density at radius 2 is 1.83 bits per heavy atom. The number of nitrogens with zero attached hydrogens (tertiary/aromatic N) is 1. The van der Waals surface area contributed by atoms with Crippen LogP contribution in [0.25, 0.3) is 0 Å². The van der Waals surface area contributed by atoms with E-state index >= 15 is 0 Å². The van der Waals surface area contributed by atoms with E-state index < -0.39 is 76.4 Å². The molecule has 2 saturated carbocycles. The van der Waals surface area contributed by atoms with Gasteiger partial charge in [0.05, 0.1) is 24.2 Å². The number of benzene rings is 1. The Morgan fingerprint density at radius 3 is 2.40 bits per heavy atom. The minimum absolute atomic E-state index is 0.0133. The van der Waals surface area contributed by atoms with Crippen LogP contribution in [0.3, 0.4) is 0 Å². The lowest BCUT2D eigenvalue weighted by Gasteiger charge is -2.48. The quantitative estimate of drug-likeness (QED) is 0.292. The zero-order valence-corrected chi connectivity index (χ0v) is 19.3. The molecule has 0 radical (unpaired) electrons. The number of Topliss-reactive ketones (excluding diaryl/α,β-unsaturated/α-hetero) is 4. The van der Waals surface area contributed by atoms with Crippen molar-refractivity contribution in [3.8, 4) is 5.75 Å². The monoisotopic (exact) mass is 487 g/mol. The summed E-state index contributed by atoms with van der Waals surface area (Å²) in [5.41, 5.74) is 4.83. The maximum absolute atomic E-state index is 13.6. The highest BCUT2D eigenvalue weighted by molar-refractivity contribution is 6.31. The molecule has 2 unspecified atom stereocenters. The summed E-state index contributed by atoms with van der Waals surface area (Å²) in [5, 5.41) is 22.1. The van der Waals surface area contributed by atoms with E-state index in [0.29, 0.717) is 11.3 Å². The number of ketones is 4. The highest BCUT2D eigenvalue weighted by Crippen LogP contribution is 2.51. The van der Waals surface area contributed by atoms with Crippen molar-refractivity contribution in [1.82, 2.24) is 5.48 Å². The van der Waals surface area contributed by atoms with Crippen LogP contribution in [0.15, 0.2) is 6.07 Å². The molecular formula is C23H25N3O9. The average Bonchev–Trinajstić information content (AvgIpc) is 2.76. The number of aromatic hydroxyl groups is 1. The Labute approximate surface area is 199 Å². The fourth-order valence-electron chi connectivity index (χ4n) is 5.73. The lowest BCUT2D eigenvalue weighted by molar-refractivity contribution is -0.175. The first kappa shape index (κ1) is 24.5. The summed E-state index contributed by atoms with van der Waals surface area (Å²) in [5.74, 6) is -12.1. The number of carbonyl (C=O) groups excluding carboxylic acids is 6. The number of aliphatic hydroxyl groups is 1. The number of rotatable bonds is 4. The topological polar surface area (TPSA) is 193 Å². The molecule has 1 aromatic rings. The average molecular weight is 487 g/mol. The van der Waals surface area contributed by atoms with Crippen LogP contribution in [-0.4, -0.2) is 72.0 Å². The van der Waals surface area contributed by atoms with Gasteiger partial charge in [-0.25, -0.2) is 5.48 Å². The highest BCUT2D eigenvalue weighted by atomic mass is 16.6. The van der Waals surface area contributed by atoms with Gasteiger partial charge in [0, 0.05) is 32.1 Å². The third-order valence-corrected chi connectivity index (χ3v) is 7.30. The molecule has 5 N–H and O–H groups in total. The van der Waals surface area contributed by atoms with Crippen LogP contribution in [0.4, 0.5) is 5.69 Å². The largest absolute Gasteiger partial charge is 0.506 e. The second kappa shape index (κ2) is 8.24. The number of fused-ring (bicyclic) bond motifs is 3. The van der Waals surface area contributed by atoms with E-state index in [1.54, 1.807) is 19.0 Å². The molecule has 0 heterocycles. The third-order valence-electron chi connectivity index (χ3n) is 7.30. The number of nitrogens with one attached hydrogen (secondary N) is 1. The molecule has 12 nitrogen and oxygen atoms in total. The maximum Gasteiger partial charge on any atom is 0.278 e. The van der Waals surface area contributed by atoms with Crippen LogP contribution in [0.1, 0.15) is 39.1 Å². The zero-order chi connectivity index (χ0) is 26.0. The maximum atomic E-state index is 13.6. The summed E-state index contributed by atoms with van der Waals surface area (Å²) in [6.07, 6.45) is -0.312. The molecule has 2 amide bonds. The van der Waals surface area contributed by atoms with Gasteiger partial charge in [-0.2, -0.15) is 0 Å². The van der Waals surface area contributed by atoms with Crippen LogP contribution in [0.2, 0.25) is 0 Å². The van der Waals surface area contributed by atoms with E-state index in [9.17, 15) is 39.0 Å². The highest BCUT2D eigenvalue weighted by Gasteiger charge is 2.66. The van der Waals surface area contributed by atoms with Crippen molar-refractivity contribution in [1.29, 1.82) is 0 Å². The molecule has 186 valence electrons. The molecule has 0 saturated heterocycles. The standard InChI is InChI=1S/C23H25N3O9/c1-26(2)12-7-11(22(33)25-35-3)17(28)15-10(12)5-8-4-9-6-13(27)16(21(24)32)20(31)23(9,34)19(30)14(8)18(15)29/h7-9,14,16,28,34H,4-6H2,1-3H3,(H2,24,32)(H,25,33)/t8-,9+,14?,16?,23+/m1/s1. The number of phenols is 1. The lowest BCUT2D eigenvalue weighted by atomic mass is 9.53. The summed E-state index contributed by atoms with van der Waals surface area (Å²) in [6.45, 7) is 0. The van der Waals surface area contributed by atoms with Crippen molar-refractivity contribution in [2.45, 2.75) is 24.9 Å². The first-order valence-electron chi connectivity index (χ1n) is 10.9. The predicted molar refractivity (Wildman–Crippen MR) is 117 cm³/mol. The molecule has 12 heteroatoms. The van der Waals surface area contributed by atoms with Gasteiger partial charge in [-0.15, -0.1) is 0 Å². The van der Waals surface area contributed by atoms with Gasteiger partial charge >= 0.3 is 0 Å². The van der Waals surface area contributed by atoms with Crippen LogP contribution in [0.5, 0.6) is 5.75 Å². The minimum Gasteiger partial charge on any atom is -0.506 e. The van der Waals surface area contributed by atoms with Gasteiger partial charge in [-0.05, 0) is 30.4 Å². The predicted octanol–water partition coefficient (Wildman–Crippen LogP) is -1.32. The Morgan fingerprint density at radius 1 is 1.17 bits per heavy atom. The fourth-order valence-corrected chi connectivity index (χ4v) is 5.73. The summed E-state index contributed by atoms with van der Waals surface area (Å²) in [6, 6.07) is 1.39. The number of phenolic OH excluding ortho intramolecular Hbond substituents is 1. The van der Waals surface area contributed by atoms with Crippen LogP contribution in [-0.2, 0) is 30.4 Å². The van der Waals surface area contributed by atoms with Crippen molar-refractivity contribution in [2.75, 3.05) is 26.1 Å². The van der Waals surface area contributed by atoms with Gasteiger partial charge in [0.25, 0.3) is 5.91 Å². The van der Waals surface area contributed by atoms with Crippen molar-refractivity contribution in [2.24, 2.45) is 29.4 Å². The minimum atomic E-state index is -2.73. The van der Waals surface area contributed by atoms with Crippen molar-refractivity contribution in [3.63, 3.8) is 0 Å². The Balaban J connectivity index is 1.86. The van der Waals surface area contributed by atoms with Crippen molar-refractivity contribution < 1.29 is 43.8 Å². The molecule has 1 aromatic carbocycles. The molecule has 0 aromatic heterocycles. The smallest absolute Gasteiger partial charge is 0.278 e. The number of hydroxylamine groups is 1. The van der Waals surface area contributed by atoms with Gasteiger partial charge in [-0.1, -0.05) is 0 Å². The second-order valence-corrected chi connectivity index (χ2v) is 9.41. The molecule has 2 fully saturated rings. The first-order chi connectivity index (χ1) is 16.4. The Hall–Kier alpha value is -3.64. The van der Waals surface area contributed by atoms with E-state index in [4.69, 9.17) is 5.73 Å². The number of hydrogen-bond donors (Lipinski definition) is 4. The second-order valence-electron chi connectivity index (χ2n) is 9.41. The van der Waals surface area contributed by atoms with E-state index in [0.717, 1.165) is 0 Å². The molecule has 35 heavy (non-hydrogen) atoms. The number of anilines is 1. The first-order valence-corrected chi connectivity index (χ1v) is 10.9. The molecule has 0 aliphatic heterocycles. The number of amides is 2. The summed E-state index contributed by atoms with van der Waals surface area (Å²) in [4.78, 5) is 83.0. The summed E-state index contributed by atoms with van der Waals surface area (Å²) in [7, 11) is 4.54. The van der Waals surface area contributed by atoms with Crippen molar-refractivity contribution >= 4 is 40.6 Å². The van der Waals surface area contributed by atoms with Gasteiger partial charge in [-0.3, -0.25) is 33.6 Å². The van der Waals surface area contributed by atoms with E-state index in [2.05, 4.69) is 10.3 Å². The lowest BCUT2D eigenvalue weighted by Crippen LogP contribution is -2.68. The number of hydrogen-bond acceptors (Lipinski definition) is 10. The molecule has 3 aliphatic carbocycles. The van der Waals surface area contributed by atoms with Crippen LogP contribution >= 0.6 is 0 Å². The number of primary amides is 1. The molecule has 4 rings (SSSR count). The van der Waals surface area contributed by atoms with Crippen LogP contribution < -0.4 is 16.1 Å². The number of carbonyl (C=O) groups is 6. The molecule has 0 bridgehead atoms. The zero-order valence-electron chi connectivity index (χ0n) is 19.3. The van der Waals surface area contributed by atoms with Crippen LogP contribution in [0, 0.1) is 23.7 Å². The number of nitrogens with two attached hydrogens (primary N) is 1. The van der Waals surface area contributed by atoms with E-state index in [1.165, 1.54) is 13.2 Å². The van der Waals surface area contributed by atoms with E-state index in [-0.39, 0.29) is 24.0 Å². The fraction of sp³-hybridized carbons (Fsp3) is 0.478. The SMILES string of the molecule is CONC(=O)c1cc(N(C)C)c2c(c1O)C(=O)C1C(=O)[C@]3(O)C(=O)C(C(N)=O)C(=O)C[C@@H]3C[C@@H]1C2. The molecule has 3 aliphatic rings. The Kier molecular flexibility index (Phi) is 5.76. The molecule has 0 spiro atoms. The van der Waals surface area contributed by atoms with Crippen molar-refractivity contribution in [3.05, 3.63) is 22.8 Å². The molecular weight excluding hydrogens is 462 g/mol. The Bertz CT molecular complexity index is 1210. The van der Waals surface area contributed by atoms with E-state index in [1.807, 2.05) is 0 Å². The van der Waals surface area contributed by atoms with Gasteiger partial charge in [0.15, 0.2) is 34.7 Å².